The molecule has 0 saturated carbocycles. The molecule has 0 spiro atoms. The largest absolute Gasteiger partial charge is 0.486 e. The summed E-state index contributed by atoms with van der Waals surface area (Å²) in [5, 5.41) is 3.02. The second-order valence-corrected chi connectivity index (χ2v) is 7.00. The number of anilines is 1. The van der Waals surface area contributed by atoms with Crippen LogP contribution in [-0.4, -0.2) is 25.7 Å². The van der Waals surface area contributed by atoms with Crippen LogP contribution in [0.2, 0.25) is 0 Å². The van der Waals surface area contributed by atoms with Crippen molar-refractivity contribution in [3.63, 3.8) is 0 Å². The van der Waals surface area contributed by atoms with Gasteiger partial charge in [-0.1, -0.05) is 26.0 Å². The fourth-order valence-corrected chi connectivity index (χ4v) is 2.85. The fourth-order valence-electron chi connectivity index (χ4n) is 2.85. The molecule has 132 valence electrons. The van der Waals surface area contributed by atoms with Crippen LogP contribution in [0.5, 0.6) is 11.5 Å². The monoisotopic (exact) mass is 340 g/mol. The van der Waals surface area contributed by atoms with E-state index in [1.54, 1.807) is 12.1 Å². The summed E-state index contributed by atoms with van der Waals surface area (Å²) in [4.78, 5) is 12.5. The van der Waals surface area contributed by atoms with Crippen LogP contribution in [0.4, 0.5) is 5.69 Å². The Kier molecular flexibility index (Phi) is 4.57. The zero-order valence-electron chi connectivity index (χ0n) is 14.9. The Balaban J connectivity index is 1.73. The van der Waals surface area contributed by atoms with Crippen LogP contribution in [0, 0.1) is 6.92 Å². The van der Waals surface area contributed by atoms with Crippen LogP contribution in [0.15, 0.2) is 36.4 Å². The van der Waals surface area contributed by atoms with E-state index in [2.05, 4.69) is 19.2 Å². The highest BCUT2D eigenvalue weighted by molar-refractivity contribution is 5.96. The molecule has 3 rings (SSSR count). The van der Waals surface area contributed by atoms with Gasteiger partial charge in [0.05, 0.1) is 0 Å². The van der Waals surface area contributed by atoms with Gasteiger partial charge in [-0.05, 0) is 42.3 Å². The van der Waals surface area contributed by atoms with Crippen molar-refractivity contribution >= 4 is 11.6 Å². The number of hydrogen-bond acceptors (Lipinski definition) is 4. The second kappa shape index (κ2) is 6.67. The molecule has 1 aliphatic heterocycles. The second-order valence-electron chi connectivity index (χ2n) is 7.00. The van der Waals surface area contributed by atoms with E-state index in [0.29, 0.717) is 31.0 Å². The quantitative estimate of drug-likeness (QED) is 0.839. The van der Waals surface area contributed by atoms with Crippen LogP contribution < -0.4 is 20.5 Å². The summed E-state index contributed by atoms with van der Waals surface area (Å²) in [5.41, 5.74) is 8.73. The Morgan fingerprint density at radius 3 is 2.60 bits per heavy atom. The van der Waals surface area contributed by atoms with Crippen molar-refractivity contribution in [3.8, 4) is 11.5 Å². The maximum Gasteiger partial charge on any atom is 0.251 e. The molecule has 5 heteroatoms. The fraction of sp³-hybridized carbons (Fsp3) is 0.350. The highest BCUT2D eigenvalue weighted by atomic mass is 16.6. The highest BCUT2D eigenvalue weighted by Gasteiger charge is 2.24. The van der Waals surface area contributed by atoms with Crippen LogP contribution in [-0.2, 0) is 5.41 Å². The number of hydrogen-bond donors (Lipinski definition) is 2. The van der Waals surface area contributed by atoms with Crippen LogP contribution in [0.1, 0.15) is 35.3 Å². The number of rotatable bonds is 4. The standard InChI is InChI=1S/C20H24N2O3/c1-13-4-6-15(21)11-16(13)19(23)22-12-20(2,3)14-5-7-17-18(10-14)25-9-8-24-17/h4-7,10-11H,8-9,12,21H2,1-3H3,(H,22,23). The first-order valence-electron chi connectivity index (χ1n) is 8.41. The first-order chi connectivity index (χ1) is 11.9. The minimum atomic E-state index is -0.250. The maximum absolute atomic E-state index is 12.5. The molecule has 25 heavy (non-hydrogen) atoms. The van der Waals surface area contributed by atoms with Crippen molar-refractivity contribution in [1.82, 2.24) is 5.32 Å². The van der Waals surface area contributed by atoms with Crippen molar-refractivity contribution in [2.24, 2.45) is 0 Å². The topological polar surface area (TPSA) is 73.6 Å². The lowest BCUT2D eigenvalue weighted by Crippen LogP contribution is -2.37. The molecular weight excluding hydrogens is 316 g/mol. The highest BCUT2D eigenvalue weighted by Crippen LogP contribution is 2.35. The van der Waals surface area contributed by atoms with Gasteiger partial charge in [0.1, 0.15) is 13.2 Å². The molecule has 0 saturated heterocycles. The van der Waals surface area contributed by atoms with Crippen LogP contribution >= 0.6 is 0 Å². The average molecular weight is 340 g/mol. The van der Waals surface area contributed by atoms with E-state index < -0.39 is 0 Å². The molecule has 0 aliphatic carbocycles. The first kappa shape index (κ1) is 17.1. The SMILES string of the molecule is Cc1ccc(N)cc1C(=O)NCC(C)(C)c1ccc2c(c1)OCCO2. The molecule has 0 fully saturated rings. The van der Waals surface area contributed by atoms with Gasteiger partial charge in [-0.3, -0.25) is 4.79 Å². The number of carbonyl (C=O) groups is 1. The number of fused-ring (bicyclic) bond motifs is 1. The van der Waals surface area contributed by atoms with E-state index >= 15 is 0 Å². The van der Waals surface area contributed by atoms with E-state index in [1.165, 1.54) is 0 Å². The summed E-state index contributed by atoms with van der Waals surface area (Å²) < 4.78 is 11.2. The van der Waals surface area contributed by atoms with Gasteiger partial charge in [-0.25, -0.2) is 0 Å². The number of ether oxygens (including phenoxy) is 2. The van der Waals surface area contributed by atoms with E-state index in [1.807, 2.05) is 31.2 Å². The average Bonchev–Trinajstić information content (AvgIpc) is 2.61. The molecule has 1 heterocycles. The van der Waals surface area contributed by atoms with Gasteiger partial charge in [0.25, 0.3) is 5.91 Å². The summed E-state index contributed by atoms with van der Waals surface area (Å²) in [6, 6.07) is 11.3. The summed E-state index contributed by atoms with van der Waals surface area (Å²) in [6.07, 6.45) is 0. The third-order valence-corrected chi connectivity index (χ3v) is 4.52. The van der Waals surface area contributed by atoms with Crippen molar-refractivity contribution < 1.29 is 14.3 Å². The van der Waals surface area contributed by atoms with Gasteiger partial charge in [-0.15, -0.1) is 0 Å². The number of carbonyl (C=O) groups excluding carboxylic acids is 1. The van der Waals surface area contributed by atoms with Gasteiger partial charge < -0.3 is 20.5 Å². The molecule has 0 bridgehead atoms. The van der Waals surface area contributed by atoms with Gasteiger partial charge in [-0.2, -0.15) is 0 Å². The van der Waals surface area contributed by atoms with Gasteiger partial charge in [0.2, 0.25) is 0 Å². The van der Waals surface area contributed by atoms with Gasteiger partial charge in [0.15, 0.2) is 11.5 Å². The molecule has 3 N–H and O–H groups in total. The molecular formula is C20H24N2O3. The molecule has 0 atom stereocenters. The Hall–Kier alpha value is -2.69. The molecule has 1 amide bonds. The minimum Gasteiger partial charge on any atom is -0.486 e. The number of nitrogen functional groups attached to an aromatic ring is 1. The van der Waals surface area contributed by atoms with Crippen molar-refractivity contribution in [1.29, 1.82) is 0 Å². The lowest BCUT2D eigenvalue weighted by Gasteiger charge is -2.28. The maximum atomic E-state index is 12.5. The molecule has 1 aliphatic rings. The molecule has 0 unspecified atom stereocenters. The first-order valence-corrected chi connectivity index (χ1v) is 8.41. The number of aryl methyl sites for hydroxylation is 1. The van der Waals surface area contributed by atoms with E-state index in [9.17, 15) is 4.79 Å². The van der Waals surface area contributed by atoms with Crippen LogP contribution in [0.25, 0.3) is 0 Å². The normalized spacial score (nSPS) is 13.4. The lowest BCUT2D eigenvalue weighted by atomic mass is 9.84. The predicted octanol–water partition coefficient (Wildman–Crippen LogP) is 3.06. The minimum absolute atomic E-state index is 0.115. The van der Waals surface area contributed by atoms with Crippen LogP contribution in [0.3, 0.4) is 0 Å². The lowest BCUT2D eigenvalue weighted by molar-refractivity contribution is 0.0945. The Morgan fingerprint density at radius 2 is 1.84 bits per heavy atom. The van der Waals surface area contributed by atoms with Crippen molar-refractivity contribution in [3.05, 3.63) is 53.1 Å². The summed E-state index contributed by atoms with van der Waals surface area (Å²) in [5.74, 6) is 1.41. The van der Waals surface area contributed by atoms with Gasteiger partial charge in [0, 0.05) is 23.2 Å². The van der Waals surface area contributed by atoms with E-state index in [-0.39, 0.29) is 11.3 Å². The summed E-state index contributed by atoms with van der Waals surface area (Å²) in [6.45, 7) is 7.71. The number of nitrogens with one attached hydrogen (secondary N) is 1. The smallest absolute Gasteiger partial charge is 0.251 e. The van der Waals surface area contributed by atoms with Gasteiger partial charge >= 0.3 is 0 Å². The Labute approximate surface area is 148 Å². The van der Waals surface area contributed by atoms with Crippen molar-refractivity contribution in [2.45, 2.75) is 26.2 Å². The summed E-state index contributed by atoms with van der Waals surface area (Å²) in [7, 11) is 0. The number of nitrogens with two attached hydrogens (primary N) is 1. The van der Waals surface area contributed by atoms with Crippen molar-refractivity contribution in [2.75, 3.05) is 25.5 Å². The Morgan fingerprint density at radius 1 is 1.12 bits per heavy atom. The number of amides is 1. The Bertz CT molecular complexity index is 800. The molecule has 2 aromatic carbocycles. The van der Waals surface area contributed by atoms with E-state index in [0.717, 1.165) is 22.6 Å². The third kappa shape index (κ3) is 3.71. The summed E-state index contributed by atoms with van der Waals surface area (Å²) >= 11 is 0. The zero-order valence-corrected chi connectivity index (χ0v) is 14.9. The van der Waals surface area contributed by atoms with E-state index in [4.69, 9.17) is 15.2 Å². The molecule has 2 aromatic rings. The molecule has 5 nitrogen and oxygen atoms in total. The third-order valence-electron chi connectivity index (χ3n) is 4.52. The molecule has 0 radical (unpaired) electrons. The number of benzene rings is 2. The zero-order chi connectivity index (χ0) is 18.0. The molecule has 0 aromatic heterocycles. The predicted molar refractivity (Wildman–Crippen MR) is 98.4 cm³/mol.